The van der Waals surface area contributed by atoms with Gasteiger partial charge in [-0.25, -0.2) is 0 Å². The van der Waals surface area contributed by atoms with Gasteiger partial charge in [0.05, 0.1) is 0 Å². The molecule has 0 heterocycles. The average Bonchev–Trinajstić information content (AvgIpc) is 2.96. The quantitative estimate of drug-likeness (QED) is 0.605. The molecule has 0 radical (unpaired) electrons. The van der Waals surface area contributed by atoms with Crippen molar-refractivity contribution in [3.63, 3.8) is 0 Å². The first kappa shape index (κ1) is 13.4. The fraction of sp³-hybridized carbons (Fsp3) is 1.00. The lowest BCUT2D eigenvalue weighted by Crippen LogP contribution is -2.33. The second-order valence-corrected chi connectivity index (χ2v) is 6.22. The molecule has 1 atom stereocenters. The Hall–Kier alpha value is 0.310. The van der Waals surface area contributed by atoms with Gasteiger partial charge in [0.2, 0.25) is 0 Å². The second kappa shape index (κ2) is 6.80. The molecule has 1 fully saturated rings. The van der Waals surface area contributed by atoms with Crippen LogP contribution in [0.5, 0.6) is 0 Å². The van der Waals surface area contributed by atoms with Gasteiger partial charge in [0.25, 0.3) is 0 Å². The second-order valence-electron chi connectivity index (χ2n) is 5.24. The Kier molecular flexibility index (Phi) is 6.06. The Labute approximate surface area is 99.8 Å². The third kappa shape index (κ3) is 5.26. The summed E-state index contributed by atoms with van der Waals surface area (Å²) in [6, 6.07) is 0.726. The van der Waals surface area contributed by atoms with E-state index in [9.17, 15) is 0 Å². The van der Waals surface area contributed by atoms with E-state index in [1.807, 2.05) is 11.8 Å². The normalized spacial score (nSPS) is 20.2. The molecule has 1 unspecified atom stereocenters. The highest BCUT2D eigenvalue weighted by atomic mass is 32.2. The van der Waals surface area contributed by atoms with Crippen LogP contribution in [0.15, 0.2) is 0 Å². The zero-order chi connectivity index (χ0) is 11.1. The highest BCUT2D eigenvalue weighted by Gasteiger charge is 2.41. The van der Waals surface area contributed by atoms with Gasteiger partial charge >= 0.3 is 0 Å². The molecule has 0 amide bonds. The van der Waals surface area contributed by atoms with Gasteiger partial charge in [-0.2, -0.15) is 11.8 Å². The van der Waals surface area contributed by atoms with E-state index in [0.29, 0.717) is 5.41 Å². The van der Waals surface area contributed by atoms with Crippen LogP contribution in [-0.2, 0) is 0 Å². The van der Waals surface area contributed by atoms with Crippen molar-refractivity contribution in [2.45, 2.75) is 58.4 Å². The van der Waals surface area contributed by atoms with E-state index in [1.165, 1.54) is 50.8 Å². The maximum absolute atomic E-state index is 3.67. The van der Waals surface area contributed by atoms with Gasteiger partial charge < -0.3 is 5.32 Å². The van der Waals surface area contributed by atoms with Gasteiger partial charge in [-0.1, -0.05) is 19.8 Å². The lowest BCUT2D eigenvalue weighted by atomic mass is 10.0. The number of unbranched alkanes of at least 4 members (excludes halogenated alkanes) is 3. The fourth-order valence-electron chi connectivity index (χ4n) is 1.92. The minimum absolute atomic E-state index is 0.638. The summed E-state index contributed by atoms with van der Waals surface area (Å²) in [7, 11) is 0. The molecule has 1 nitrogen and oxygen atoms in total. The summed E-state index contributed by atoms with van der Waals surface area (Å²) in [5.41, 5.74) is 0.638. The van der Waals surface area contributed by atoms with Crippen LogP contribution in [0.3, 0.4) is 0 Å². The smallest absolute Gasteiger partial charge is 0.00925 e. The maximum atomic E-state index is 3.67. The zero-order valence-electron chi connectivity index (χ0n) is 10.6. The molecule has 15 heavy (non-hydrogen) atoms. The van der Waals surface area contributed by atoms with Crippen LogP contribution >= 0.6 is 11.8 Å². The van der Waals surface area contributed by atoms with Gasteiger partial charge in [-0.3, -0.25) is 0 Å². The first-order valence-corrected chi connectivity index (χ1v) is 7.81. The molecule has 0 bridgehead atoms. The lowest BCUT2D eigenvalue weighted by Gasteiger charge is -2.20. The van der Waals surface area contributed by atoms with Gasteiger partial charge in [-0.15, -0.1) is 0 Å². The van der Waals surface area contributed by atoms with Crippen LogP contribution in [0.25, 0.3) is 0 Å². The molecule has 1 aliphatic rings. The van der Waals surface area contributed by atoms with Crippen LogP contribution in [-0.4, -0.2) is 24.6 Å². The Bertz CT molecular complexity index is 166. The lowest BCUT2D eigenvalue weighted by molar-refractivity contribution is 0.377. The van der Waals surface area contributed by atoms with Crippen molar-refractivity contribution in [2.24, 2.45) is 5.41 Å². The number of nitrogens with one attached hydrogen (secondary N) is 1. The van der Waals surface area contributed by atoms with Gasteiger partial charge in [0, 0.05) is 6.04 Å². The van der Waals surface area contributed by atoms with E-state index >= 15 is 0 Å². The van der Waals surface area contributed by atoms with E-state index in [2.05, 4.69) is 25.4 Å². The minimum atomic E-state index is 0.638. The Balaban J connectivity index is 1.84. The molecule has 2 heteroatoms. The van der Waals surface area contributed by atoms with Gasteiger partial charge in [0.1, 0.15) is 0 Å². The largest absolute Gasteiger partial charge is 0.314 e. The summed E-state index contributed by atoms with van der Waals surface area (Å²) in [6.07, 6.45) is 10.6. The Morgan fingerprint density at radius 1 is 1.20 bits per heavy atom. The SMILES string of the molecule is CSCCCCCCNC(C)C1(C)CC1. The predicted molar refractivity (Wildman–Crippen MR) is 71.7 cm³/mol. The zero-order valence-corrected chi connectivity index (χ0v) is 11.5. The highest BCUT2D eigenvalue weighted by molar-refractivity contribution is 7.98. The minimum Gasteiger partial charge on any atom is -0.314 e. The van der Waals surface area contributed by atoms with Crippen molar-refractivity contribution in [3.05, 3.63) is 0 Å². The van der Waals surface area contributed by atoms with Gasteiger partial charge in [-0.05, 0) is 56.6 Å². The van der Waals surface area contributed by atoms with E-state index in [-0.39, 0.29) is 0 Å². The first-order valence-electron chi connectivity index (χ1n) is 6.41. The Morgan fingerprint density at radius 3 is 2.47 bits per heavy atom. The van der Waals surface area contributed by atoms with E-state index in [4.69, 9.17) is 0 Å². The molecule has 0 aromatic rings. The monoisotopic (exact) mass is 229 g/mol. The van der Waals surface area contributed by atoms with E-state index in [0.717, 1.165) is 6.04 Å². The number of thioether (sulfide) groups is 1. The molecule has 90 valence electrons. The molecule has 0 aromatic carbocycles. The van der Waals surface area contributed by atoms with Crippen molar-refractivity contribution in [1.29, 1.82) is 0 Å². The number of rotatable bonds is 9. The molecule has 1 aliphatic carbocycles. The third-order valence-electron chi connectivity index (χ3n) is 3.81. The van der Waals surface area contributed by atoms with E-state index < -0.39 is 0 Å². The number of hydrogen-bond donors (Lipinski definition) is 1. The molecule has 0 aliphatic heterocycles. The molecular weight excluding hydrogens is 202 g/mol. The first-order chi connectivity index (χ1) is 7.19. The van der Waals surface area contributed by atoms with Crippen molar-refractivity contribution in [2.75, 3.05) is 18.6 Å². The molecular formula is C13H27NS. The van der Waals surface area contributed by atoms with Crippen LogP contribution in [0.1, 0.15) is 52.4 Å². The summed E-state index contributed by atoms with van der Waals surface area (Å²) < 4.78 is 0. The van der Waals surface area contributed by atoms with Crippen molar-refractivity contribution < 1.29 is 0 Å². The van der Waals surface area contributed by atoms with Crippen LogP contribution < -0.4 is 5.32 Å². The summed E-state index contributed by atoms with van der Waals surface area (Å²) >= 11 is 1.97. The molecule has 0 spiro atoms. The molecule has 0 saturated heterocycles. The van der Waals surface area contributed by atoms with Crippen molar-refractivity contribution in [1.82, 2.24) is 5.32 Å². The number of hydrogen-bond acceptors (Lipinski definition) is 2. The van der Waals surface area contributed by atoms with Crippen LogP contribution in [0.2, 0.25) is 0 Å². The molecule has 1 rings (SSSR count). The summed E-state index contributed by atoms with van der Waals surface area (Å²) in [5.74, 6) is 1.34. The third-order valence-corrected chi connectivity index (χ3v) is 4.51. The maximum Gasteiger partial charge on any atom is 0.00925 e. The molecule has 0 aromatic heterocycles. The summed E-state index contributed by atoms with van der Waals surface area (Å²) in [6.45, 7) is 5.97. The summed E-state index contributed by atoms with van der Waals surface area (Å²) in [5, 5.41) is 3.67. The van der Waals surface area contributed by atoms with Crippen LogP contribution in [0, 0.1) is 5.41 Å². The molecule has 1 N–H and O–H groups in total. The van der Waals surface area contributed by atoms with E-state index in [1.54, 1.807) is 0 Å². The van der Waals surface area contributed by atoms with Gasteiger partial charge in [0.15, 0.2) is 0 Å². The van der Waals surface area contributed by atoms with Crippen molar-refractivity contribution >= 4 is 11.8 Å². The fourth-order valence-corrected chi connectivity index (χ4v) is 2.41. The predicted octanol–water partition coefficient (Wildman–Crippen LogP) is 3.69. The van der Waals surface area contributed by atoms with Crippen LogP contribution in [0.4, 0.5) is 0 Å². The van der Waals surface area contributed by atoms with Crippen molar-refractivity contribution in [3.8, 4) is 0 Å². The topological polar surface area (TPSA) is 12.0 Å². The molecule has 1 saturated carbocycles. The highest BCUT2D eigenvalue weighted by Crippen LogP contribution is 2.47. The Morgan fingerprint density at radius 2 is 1.87 bits per heavy atom. The average molecular weight is 229 g/mol. The standard InChI is InChI=1S/C13H27NS/c1-12(13(2)8-9-13)14-10-6-4-5-7-11-15-3/h12,14H,4-11H2,1-3H3. The summed E-state index contributed by atoms with van der Waals surface area (Å²) in [4.78, 5) is 0.